The van der Waals surface area contributed by atoms with Gasteiger partial charge < -0.3 is 4.40 Å². The molecule has 3 rings (SSSR count). The van der Waals surface area contributed by atoms with Gasteiger partial charge in [-0.2, -0.15) is 11.8 Å². The minimum Gasteiger partial charge on any atom is -0.306 e. The zero-order chi connectivity index (χ0) is 11.7. The molecule has 2 aromatic rings. The Morgan fingerprint density at radius 3 is 3.00 bits per heavy atom. The van der Waals surface area contributed by atoms with Gasteiger partial charge in [-0.1, -0.05) is 0 Å². The van der Waals surface area contributed by atoms with Crippen LogP contribution in [-0.2, 0) is 0 Å². The Balaban J connectivity index is 2.03. The summed E-state index contributed by atoms with van der Waals surface area (Å²) in [5, 5.41) is 0. The summed E-state index contributed by atoms with van der Waals surface area (Å²) < 4.78 is 1.96. The topological polar surface area (TPSA) is 34.4 Å². The van der Waals surface area contributed by atoms with Gasteiger partial charge >= 0.3 is 0 Å². The molecule has 1 fully saturated rings. The van der Waals surface area contributed by atoms with E-state index in [1.807, 2.05) is 34.5 Å². The first-order valence-corrected chi connectivity index (χ1v) is 7.04. The third-order valence-corrected chi connectivity index (χ3v) is 4.35. The molecule has 2 aromatic heterocycles. The van der Waals surface area contributed by atoms with Gasteiger partial charge in [0.05, 0.1) is 11.3 Å². The van der Waals surface area contributed by atoms with E-state index in [1.54, 1.807) is 0 Å². The van der Waals surface area contributed by atoms with E-state index in [2.05, 4.69) is 11.2 Å². The minimum absolute atomic E-state index is 0.565. The Morgan fingerprint density at radius 2 is 2.24 bits per heavy atom. The first-order chi connectivity index (χ1) is 8.38. The van der Waals surface area contributed by atoms with Gasteiger partial charge in [-0.15, -0.1) is 0 Å². The van der Waals surface area contributed by atoms with Crippen LogP contribution in [0.5, 0.6) is 0 Å². The predicted octanol–water partition coefficient (Wildman–Crippen LogP) is 2.76. The van der Waals surface area contributed by atoms with Crippen molar-refractivity contribution < 1.29 is 4.79 Å². The average Bonchev–Trinajstić information content (AvgIpc) is 2.83. The first kappa shape index (κ1) is 10.8. The molecule has 0 aromatic carbocycles. The first-order valence-electron chi connectivity index (χ1n) is 5.89. The van der Waals surface area contributed by atoms with Crippen LogP contribution in [0.3, 0.4) is 0 Å². The molecule has 0 N–H and O–H groups in total. The molecule has 3 nitrogen and oxygen atoms in total. The van der Waals surface area contributed by atoms with Crippen LogP contribution in [0.4, 0.5) is 0 Å². The maximum atomic E-state index is 10.9. The summed E-state index contributed by atoms with van der Waals surface area (Å²) >= 11 is 2.02. The summed E-state index contributed by atoms with van der Waals surface area (Å²) in [7, 11) is 0. The number of fused-ring (bicyclic) bond motifs is 1. The van der Waals surface area contributed by atoms with E-state index in [9.17, 15) is 4.79 Å². The summed E-state index contributed by atoms with van der Waals surface area (Å²) in [6.07, 6.45) is 7.30. The lowest BCUT2D eigenvalue weighted by atomic mass is 10.00. The highest BCUT2D eigenvalue weighted by Gasteiger charge is 2.19. The van der Waals surface area contributed by atoms with Crippen molar-refractivity contribution in [2.24, 2.45) is 0 Å². The van der Waals surface area contributed by atoms with E-state index in [0.29, 0.717) is 11.5 Å². The average molecular weight is 246 g/mol. The number of pyridine rings is 1. The highest BCUT2D eigenvalue weighted by atomic mass is 32.2. The van der Waals surface area contributed by atoms with Crippen molar-refractivity contribution in [1.82, 2.24) is 9.38 Å². The number of aldehydes is 1. The fourth-order valence-corrected chi connectivity index (χ4v) is 3.44. The number of imidazole rings is 1. The number of aromatic nitrogens is 2. The van der Waals surface area contributed by atoms with Crippen molar-refractivity contribution in [3.05, 3.63) is 35.8 Å². The lowest BCUT2D eigenvalue weighted by Gasteiger charge is -2.18. The fourth-order valence-electron chi connectivity index (χ4n) is 2.34. The number of thioether (sulfide) groups is 1. The normalized spacial score (nSPS) is 17.4. The second-order valence-electron chi connectivity index (χ2n) is 4.36. The number of rotatable bonds is 2. The molecule has 0 radical (unpaired) electrons. The predicted molar refractivity (Wildman–Crippen MR) is 69.9 cm³/mol. The number of hydrogen-bond donors (Lipinski definition) is 0. The highest BCUT2D eigenvalue weighted by Crippen LogP contribution is 2.31. The quantitative estimate of drug-likeness (QED) is 0.764. The van der Waals surface area contributed by atoms with E-state index in [0.717, 1.165) is 17.6 Å². The third-order valence-electron chi connectivity index (χ3n) is 3.30. The fraction of sp³-hybridized carbons (Fsp3) is 0.385. The van der Waals surface area contributed by atoms with Gasteiger partial charge in [-0.25, -0.2) is 4.98 Å². The molecule has 17 heavy (non-hydrogen) atoms. The third kappa shape index (κ3) is 1.97. The minimum atomic E-state index is 0.565. The molecule has 0 atom stereocenters. The summed E-state index contributed by atoms with van der Waals surface area (Å²) in [6.45, 7) is 0. The van der Waals surface area contributed by atoms with Crippen LogP contribution in [0, 0.1) is 0 Å². The molecule has 0 bridgehead atoms. The maximum Gasteiger partial charge on any atom is 0.153 e. The largest absolute Gasteiger partial charge is 0.306 e. The molecule has 4 heteroatoms. The molecule has 1 aliphatic rings. The second-order valence-corrected chi connectivity index (χ2v) is 5.59. The molecule has 0 saturated carbocycles. The summed E-state index contributed by atoms with van der Waals surface area (Å²) in [5.41, 5.74) is 2.60. The Morgan fingerprint density at radius 1 is 1.41 bits per heavy atom. The van der Waals surface area contributed by atoms with Crippen LogP contribution in [0.15, 0.2) is 24.5 Å². The number of carbonyl (C=O) groups is 1. The SMILES string of the molecule is O=Cc1cccn2cc(C3CCSCC3)nc12. The molecule has 88 valence electrons. The Kier molecular flexibility index (Phi) is 2.89. The molecule has 0 aliphatic carbocycles. The molecule has 1 aliphatic heterocycles. The highest BCUT2D eigenvalue weighted by molar-refractivity contribution is 7.99. The van der Waals surface area contributed by atoms with Gasteiger partial charge in [0.2, 0.25) is 0 Å². The monoisotopic (exact) mass is 246 g/mol. The Bertz CT molecular complexity index is 543. The number of hydrogen-bond acceptors (Lipinski definition) is 3. The molecule has 0 amide bonds. The molecular weight excluding hydrogens is 232 g/mol. The van der Waals surface area contributed by atoms with Crippen LogP contribution >= 0.6 is 11.8 Å². The van der Waals surface area contributed by atoms with Crippen molar-refractivity contribution >= 4 is 23.7 Å². The van der Waals surface area contributed by atoms with Crippen molar-refractivity contribution in [1.29, 1.82) is 0 Å². The van der Waals surface area contributed by atoms with Crippen molar-refractivity contribution in [3.8, 4) is 0 Å². The van der Waals surface area contributed by atoms with Gasteiger partial charge in [0.25, 0.3) is 0 Å². The van der Waals surface area contributed by atoms with E-state index in [-0.39, 0.29) is 0 Å². The van der Waals surface area contributed by atoms with Gasteiger partial charge in [0.1, 0.15) is 5.65 Å². The zero-order valence-electron chi connectivity index (χ0n) is 9.50. The number of nitrogens with zero attached hydrogens (tertiary/aromatic N) is 2. The van der Waals surface area contributed by atoms with Crippen LogP contribution in [-0.4, -0.2) is 27.2 Å². The molecule has 0 unspecified atom stereocenters. The van der Waals surface area contributed by atoms with Crippen LogP contribution in [0.1, 0.15) is 34.8 Å². The molecule has 1 saturated heterocycles. The molecule has 3 heterocycles. The van der Waals surface area contributed by atoms with E-state index < -0.39 is 0 Å². The molecular formula is C13H14N2OS. The van der Waals surface area contributed by atoms with Gasteiger partial charge in [0.15, 0.2) is 6.29 Å². The summed E-state index contributed by atoms with van der Waals surface area (Å²) in [4.78, 5) is 15.6. The van der Waals surface area contributed by atoms with Gasteiger partial charge in [-0.05, 0) is 36.5 Å². The second kappa shape index (κ2) is 4.53. The number of carbonyl (C=O) groups excluding carboxylic acids is 1. The maximum absolute atomic E-state index is 10.9. The van der Waals surface area contributed by atoms with E-state index in [4.69, 9.17) is 0 Å². The van der Waals surface area contributed by atoms with E-state index >= 15 is 0 Å². The van der Waals surface area contributed by atoms with Crippen molar-refractivity contribution in [3.63, 3.8) is 0 Å². The van der Waals surface area contributed by atoms with Gasteiger partial charge in [0, 0.05) is 18.3 Å². The van der Waals surface area contributed by atoms with Crippen LogP contribution in [0.2, 0.25) is 0 Å². The van der Waals surface area contributed by atoms with Crippen LogP contribution < -0.4 is 0 Å². The van der Waals surface area contributed by atoms with Crippen LogP contribution in [0.25, 0.3) is 5.65 Å². The summed E-state index contributed by atoms with van der Waals surface area (Å²) in [5.74, 6) is 3.01. The summed E-state index contributed by atoms with van der Waals surface area (Å²) in [6, 6.07) is 3.70. The Hall–Kier alpha value is -1.29. The lowest BCUT2D eigenvalue weighted by molar-refractivity contribution is 0.112. The standard InChI is InChI=1S/C13H14N2OS/c16-9-11-2-1-5-15-8-12(14-13(11)15)10-3-6-17-7-4-10/h1-2,5,8-10H,3-4,6-7H2. The molecule has 0 spiro atoms. The zero-order valence-corrected chi connectivity index (χ0v) is 10.3. The lowest BCUT2D eigenvalue weighted by Crippen LogP contribution is -2.07. The van der Waals surface area contributed by atoms with Gasteiger partial charge in [-0.3, -0.25) is 4.79 Å². The smallest absolute Gasteiger partial charge is 0.153 e. The van der Waals surface area contributed by atoms with Crippen molar-refractivity contribution in [2.75, 3.05) is 11.5 Å². The van der Waals surface area contributed by atoms with E-state index in [1.165, 1.54) is 24.3 Å². The van der Waals surface area contributed by atoms with Crippen molar-refractivity contribution in [2.45, 2.75) is 18.8 Å². The Labute approximate surface area is 104 Å².